The van der Waals surface area contributed by atoms with Crippen molar-refractivity contribution in [3.8, 4) is 5.75 Å². The van der Waals surface area contributed by atoms with Crippen LogP contribution in [0.1, 0.15) is 21.5 Å². The number of benzene rings is 3. The van der Waals surface area contributed by atoms with E-state index in [0.29, 0.717) is 11.3 Å². The van der Waals surface area contributed by atoms with Gasteiger partial charge in [0.05, 0.1) is 16.8 Å². The third kappa shape index (κ3) is 5.03. The van der Waals surface area contributed by atoms with Crippen molar-refractivity contribution >= 4 is 29.3 Å². The number of rotatable bonds is 4. The average molecular weight is 456 g/mol. The highest BCUT2D eigenvalue weighted by molar-refractivity contribution is 6.08. The second-order valence-corrected chi connectivity index (χ2v) is 7.17. The third-order valence-electron chi connectivity index (χ3n) is 4.86. The fourth-order valence-electron chi connectivity index (χ4n) is 3.22. The van der Waals surface area contributed by atoms with Gasteiger partial charge in [-0.2, -0.15) is 13.2 Å². The molecular formula is C24H16F4N2O3. The summed E-state index contributed by atoms with van der Waals surface area (Å²) in [5.74, 6) is -1.42. The molecule has 2 amide bonds. The molecule has 168 valence electrons. The van der Waals surface area contributed by atoms with Crippen molar-refractivity contribution in [2.75, 3.05) is 17.2 Å². The van der Waals surface area contributed by atoms with E-state index in [1.165, 1.54) is 18.2 Å². The summed E-state index contributed by atoms with van der Waals surface area (Å²) in [5.41, 5.74) is -0.854. The number of halogens is 4. The molecule has 0 aliphatic carbocycles. The molecule has 3 aromatic rings. The molecule has 0 aromatic heterocycles. The van der Waals surface area contributed by atoms with Gasteiger partial charge in [-0.15, -0.1) is 0 Å². The van der Waals surface area contributed by atoms with E-state index in [4.69, 9.17) is 4.74 Å². The molecule has 9 heteroatoms. The zero-order valence-corrected chi connectivity index (χ0v) is 16.9. The maximum atomic E-state index is 13.7. The summed E-state index contributed by atoms with van der Waals surface area (Å²) in [6, 6.07) is 14.5. The first-order valence-electron chi connectivity index (χ1n) is 9.72. The minimum Gasteiger partial charge on any atom is -0.488 e. The Kier molecular flexibility index (Phi) is 5.87. The van der Waals surface area contributed by atoms with Crippen molar-refractivity contribution in [1.29, 1.82) is 0 Å². The van der Waals surface area contributed by atoms with Gasteiger partial charge in [0.1, 0.15) is 18.2 Å². The standard InChI is InChI=1S/C24H16F4N2O3/c25-17-7-5-14(6-8-17)22(31)29-18-9-10-20(19(12-18)24(26,27)28)30-23(32)16-11-15-3-1-2-4-21(15)33-13-16/h1-12H,13H2,(H,29,31)(H,30,32). The predicted octanol–water partition coefficient (Wildman–Crippen LogP) is 5.51. The van der Waals surface area contributed by atoms with Crippen molar-refractivity contribution in [2.45, 2.75) is 6.18 Å². The third-order valence-corrected chi connectivity index (χ3v) is 4.86. The molecule has 5 nitrogen and oxygen atoms in total. The monoisotopic (exact) mass is 456 g/mol. The van der Waals surface area contributed by atoms with Crippen LogP contribution in [-0.4, -0.2) is 18.4 Å². The lowest BCUT2D eigenvalue weighted by Crippen LogP contribution is -2.23. The van der Waals surface area contributed by atoms with Crippen LogP contribution in [-0.2, 0) is 11.0 Å². The Morgan fingerprint density at radius 3 is 2.33 bits per heavy atom. The number of ether oxygens (including phenoxy) is 1. The van der Waals surface area contributed by atoms with Gasteiger partial charge in [0.15, 0.2) is 0 Å². The molecule has 0 spiro atoms. The Bertz CT molecular complexity index is 1250. The highest BCUT2D eigenvalue weighted by atomic mass is 19.4. The normalized spacial score (nSPS) is 12.8. The Morgan fingerprint density at radius 2 is 1.61 bits per heavy atom. The molecule has 0 fully saturated rings. The summed E-state index contributed by atoms with van der Waals surface area (Å²) in [6.07, 6.45) is -3.25. The van der Waals surface area contributed by atoms with Crippen LogP contribution in [0.3, 0.4) is 0 Å². The van der Waals surface area contributed by atoms with E-state index in [1.807, 2.05) is 0 Å². The van der Waals surface area contributed by atoms with E-state index in [9.17, 15) is 27.2 Å². The van der Waals surface area contributed by atoms with Gasteiger partial charge in [0.25, 0.3) is 11.8 Å². The highest BCUT2D eigenvalue weighted by Crippen LogP contribution is 2.37. The molecular weight excluding hydrogens is 440 g/mol. The SMILES string of the molecule is O=C(Nc1ccc(NC(=O)c2ccc(F)cc2)cc1C(F)(F)F)C1=Cc2ccccc2OC1. The Morgan fingerprint density at radius 1 is 0.879 bits per heavy atom. The second-order valence-electron chi connectivity index (χ2n) is 7.17. The van der Waals surface area contributed by atoms with E-state index < -0.39 is 35.1 Å². The minimum atomic E-state index is -4.80. The van der Waals surface area contributed by atoms with Crippen LogP contribution in [0.5, 0.6) is 5.75 Å². The molecule has 1 aliphatic heterocycles. The molecule has 0 atom stereocenters. The van der Waals surface area contributed by atoms with Gasteiger partial charge in [-0.25, -0.2) is 4.39 Å². The van der Waals surface area contributed by atoms with Crippen molar-refractivity contribution in [1.82, 2.24) is 0 Å². The van der Waals surface area contributed by atoms with Crippen LogP contribution in [0.4, 0.5) is 28.9 Å². The topological polar surface area (TPSA) is 67.4 Å². The molecule has 1 heterocycles. The fourth-order valence-corrected chi connectivity index (χ4v) is 3.22. The Balaban J connectivity index is 1.56. The quantitative estimate of drug-likeness (QED) is 0.509. The van der Waals surface area contributed by atoms with Gasteiger partial charge >= 0.3 is 6.18 Å². The maximum Gasteiger partial charge on any atom is 0.418 e. The number of carbonyl (C=O) groups excluding carboxylic acids is 2. The molecule has 0 saturated heterocycles. The highest BCUT2D eigenvalue weighted by Gasteiger charge is 2.35. The van der Waals surface area contributed by atoms with Crippen LogP contribution in [0.25, 0.3) is 6.08 Å². The number of alkyl halides is 3. The Hall–Kier alpha value is -4.14. The van der Waals surface area contributed by atoms with Gasteiger partial charge in [0, 0.05) is 16.8 Å². The van der Waals surface area contributed by atoms with Crippen LogP contribution in [0, 0.1) is 5.82 Å². The van der Waals surface area contributed by atoms with Crippen molar-refractivity contribution in [3.05, 3.63) is 94.8 Å². The molecule has 1 aliphatic rings. The van der Waals surface area contributed by atoms with E-state index in [2.05, 4.69) is 10.6 Å². The molecule has 0 bridgehead atoms. The summed E-state index contributed by atoms with van der Waals surface area (Å²) < 4.78 is 59.5. The lowest BCUT2D eigenvalue weighted by molar-refractivity contribution is -0.136. The Labute approximate surface area is 185 Å². The number of anilines is 2. The lowest BCUT2D eigenvalue weighted by Gasteiger charge is -2.19. The van der Waals surface area contributed by atoms with Crippen molar-refractivity contribution in [2.24, 2.45) is 0 Å². The van der Waals surface area contributed by atoms with Crippen molar-refractivity contribution < 1.29 is 31.9 Å². The van der Waals surface area contributed by atoms with Gasteiger partial charge in [-0.1, -0.05) is 18.2 Å². The van der Waals surface area contributed by atoms with Crippen LogP contribution in [0.2, 0.25) is 0 Å². The summed E-state index contributed by atoms with van der Waals surface area (Å²) >= 11 is 0. The zero-order chi connectivity index (χ0) is 23.6. The largest absolute Gasteiger partial charge is 0.488 e. The van der Waals surface area contributed by atoms with Gasteiger partial charge < -0.3 is 15.4 Å². The average Bonchev–Trinajstić information content (AvgIpc) is 2.79. The number of hydrogen-bond acceptors (Lipinski definition) is 3. The smallest absolute Gasteiger partial charge is 0.418 e. The van der Waals surface area contributed by atoms with Crippen LogP contribution < -0.4 is 15.4 Å². The maximum absolute atomic E-state index is 13.7. The number of nitrogens with one attached hydrogen (secondary N) is 2. The van der Waals surface area contributed by atoms with Gasteiger partial charge in [-0.05, 0) is 54.6 Å². The summed E-state index contributed by atoms with van der Waals surface area (Å²) in [6.45, 7) is -0.0873. The molecule has 3 aromatic carbocycles. The molecule has 4 rings (SSSR count). The van der Waals surface area contributed by atoms with Gasteiger partial charge in [-0.3, -0.25) is 9.59 Å². The molecule has 0 saturated carbocycles. The van der Waals surface area contributed by atoms with Crippen LogP contribution >= 0.6 is 0 Å². The minimum absolute atomic E-state index is 0.0758. The number of para-hydroxylation sites is 1. The number of fused-ring (bicyclic) bond motifs is 1. The van der Waals surface area contributed by atoms with Crippen molar-refractivity contribution in [3.63, 3.8) is 0 Å². The van der Waals surface area contributed by atoms with E-state index in [1.54, 1.807) is 30.3 Å². The van der Waals surface area contributed by atoms with E-state index in [-0.39, 0.29) is 23.4 Å². The zero-order valence-electron chi connectivity index (χ0n) is 16.9. The van der Waals surface area contributed by atoms with E-state index >= 15 is 0 Å². The summed E-state index contributed by atoms with van der Waals surface area (Å²) in [7, 11) is 0. The molecule has 0 unspecified atom stereocenters. The summed E-state index contributed by atoms with van der Waals surface area (Å²) in [5, 5.41) is 4.61. The second kappa shape index (κ2) is 8.78. The van der Waals surface area contributed by atoms with Crippen LogP contribution in [0.15, 0.2) is 72.3 Å². The number of hydrogen-bond donors (Lipinski definition) is 2. The lowest BCUT2D eigenvalue weighted by atomic mass is 10.1. The molecule has 2 N–H and O–H groups in total. The van der Waals surface area contributed by atoms with Gasteiger partial charge in [0.2, 0.25) is 0 Å². The summed E-state index contributed by atoms with van der Waals surface area (Å²) in [4.78, 5) is 24.9. The fraction of sp³-hybridized carbons (Fsp3) is 0.0833. The predicted molar refractivity (Wildman–Crippen MR) is 114 cm³/mol. The first-order valence-corrected chi connectivity index (χ1v) is 9.72. The van der Waals surface area contributed by atoms with E-state index in [0.717, 1.165) is 24.3 Å². The number of carbonyl (C=O) groups is 2. The molecule has 33 heavy (non-hydrogen) atoms. The first-order chi connectivity index (χ1) is 15.7. The first kappa shape index (κ1) is 22.1. The molecule has 0 radical (unpaired) electrons. The number of amides is 2.